The number of amides is 2. The highest BCUT2D eigenvalue weighted by molar-refractivity contribution is 5.92. The smallest absolute Gasteiger partial charge is 0.326 e. The number of hydrogen-bond donors (Lipinski definition) is 3. The van der Waals surface area contributed by atoms with E-state index < -0.39 is 18.0 Å². The Morgan fingerprint density at radius 3 is 2.45 bits per heavy atom. The first-order valence-corrected chi connectivity index (χ1v) is 5.76. The van der Waals surface area contributed by atoms with Crippen molar-refractivity contribution in [1.82, 2.24) is 5.32 Å². The van der Waals surface area contributed by atoms with Gasteiger partial charge < -0.3 is 15.7 Å². The molecule has 20 heavy (non-hydrogen) atoms. The molecule has 0 fully saturated rings. The highest BCUT2D eigenvalue weighted by Gasteiger charge is 2.17. The summed E-state index contributed by atoms with van der Waals surface area (Å²) in [6.45, 7) is 1.63. The summed E-state index contributed by atoms with van der Waals surface area (Å²) in [5.41, 5.74) is 0.643. The maximum atomic E-state index is 11.6. The molecule has 102 valence electrons. The predicted molar refractivity (Wildman–Crippen MR) is 69.7 cm³/mol. The zero-order chi connectivity index (χ0) is 15.1. The molecule has 1 aromatic carbocycles. The first kappa shape index (κ1) is 15.0. The van der Waals surface area contributed by atoms with Crippen LogP contribution in [0.2, 0.25) is 0 Å². The fourth-order valence-corrected chi connectivity index (χ4v) is 1.48. The fourth-order valence-electron chi connectivity index (χ4n) is 1.48. The molecule has 1 aromatic rings. The van der Waals surface area contributed by atoms with Crippen LogP contribution in [0.5, 0.6) is 0 Å². The van der Waals surface area contributed by atoms with Crippen molar-refractivity contribution in [2.45, 2.75) is 19.4 Å². The van der Waals surface area contributed by atoms with E-state index in [4.69, 9.17) is 15.6 Å². The summed E-state index contributed by atoms with van der Waals surface area (Å²) in [5, 5.41) is 31.1. The van der Waals surface area contributed by atoms with Gasteiger partial charge in [0.25, 0.3) is 0 Å². The topological polar surface area (TPSA) is 126 Å². The summed E-state index contributed by atoms with van der Waals surface area (Å²) < 4.78 is 0. The number of aliphatic carboxylic acids is 1. The number of carbonyl (C=O) groups excluding carboxylic acids is 1. The number of nitrogens with one attached hydrogen (secondary N) is 2. The van der Waals surface area contributed by atoms with Crippen LogP contribution in [-0.4, -0.2) is 23.1 Å². The van der Waals surface area contributed by atoms with Crippen molar-refractivity contribution in [3.63, 3.8) is 0 Å². The number of carboxylic acid groups (broad SMARTS) is 1. The van der Waals surface area contributed by atoms with Crippen molar-refractivity contribution in [3.8, 4) is 12.1 Å². The van der Waals surface area contributed by atoms with Crippen molar-refractivity contribution >= 4 is 17.7 Å². The van der Waals surface area contributed by atoms with Crippen LogP contribution in [0.15, 0.2) is 18.2 Å². The minimum absolute atomic E-state index is 0.135. The molecule has 0 aliphatic heterocycles. The van der Waals surface area contributed by atoms with Gasteiger partial charge in [0.15, 0.2) is 0 Å². The van der Waals surface area contributed by atoms with Gasteiger partial charge in [0.1, 0.15) is 18.2 Å². The molecule has 3 N–H and O–H groups in total. The number of anilines is 1. The third-order valence-corrected chi connectivity index (χ3v) is 2.53. The van der Waals surface area contributed by atoms with Crippen molar-refractivity contribution in [2.24, 2.45) is 0 Å². The number of benzene rings is 1. The Morgan fingerprint density at radius 1 is 1.30 bits per heavy atom. The molecule has 0 aliphatic rings. The summed E-state index contributed by atoms with van der Waals surface area (Å²) in [5.74, 6) is -1.12. The summed E-state index contributed by atoms with van der Waals surface area (Å²) in [4.78, 5) is 22.4. The van der Waals surface area contributed by atoms with Crippen LogP contribution in [0.25, 0.3) is 0 Å². The molecule has 1 atom stereocenters. The second kappa shape index (κ2) is 6.76. The first-order chi connectivity index (χ1) is 9.51. The van der Waals surface area contributed by atoms with E-state index in [0.717, 1.165) is 0 Å². The van der Waals surface area contributed by atoms with Gasteiger partial charge in [-0.15, -0.1) is 0 Å². The van der Waals surface area contributed by atoms with Crippen LogP contribution in [0, 0.1) is 22.7 Å². The fraction of sp³-hybridized carbons (Fsp3) is 0.231. The number of carboxylic acids is 1. The molecule has 1 rings (SSSR count). The molecule has 0 heterocycles. The van der Waals surface area contributed by atoms with E-state index in [1.165, 1.54) is 18.2 Å². The van der Waals surface area contributed by atoms with Gasteiger partial charge in [0.05, 0.1) is 11.1 Å². The maximum absolute atomic E-state index is 11.6. The SMILES string of the molecule is CC[C@H](NC(=O)Nc1ccc(C#N)c(C#N)c1)C(=O)O. The van der Waals surface area contributed by atoms with Gasteiger partial charge >= 0.3 is 12.0 Å². The van der Waals surface area contributed by atoms with E-state index in [1.807, 2.05) is 12.1 Å². The van der Waals surface area contributed by atoms with Crippen molar-refractivity contribution in [1.29, 1.82) is 10.5 Å². The summed E-state index contributed by atoms with van der Waals surface area (Å²) in [7, 11) is 0. The lowest BCUT2D eigenvalue weighted by molar-refractivity contribution is -0.139. The molecule has 0 saturated carbocycles. The summed E-state index contributed by atoms with van der Waals surface area (Å²) >= 11 is 0. The molecule has 0 saturated heterocycles. The number of carbonyl (C=O) groups is 2. The molecule has 0 radical (unpaired) electrons. The number of nitriles is 2. The molecular formula is C13H12N4O3. The quantitative estimate of drug-likeness (QED) is 0.763. The molecule has 0 spiro atoms. The van der Waals surface area contributed by atoms with Gasteiger partial charge in [0, 0.05) is 5.69 Å². The number of hydrogen-bond acceptors (Lipinski definition) is 4. The summed E-state index contributed by atoms with van der Waals surface area (Å²) in [6, 6.07) is 6.24. The van der Waals surface area contributed by atoms with Crippen LogP contribution in [0.3, 0.4) is 0 Å². The predicted octanol–water partition coefficient (Wildman–Crippen LogP) is 1.41. The van der Waals surface area contributed by atoms with Gasteiger partial charge in [-0.1, -0.05) is 6.92 Å². The lowest BCUT2D eigenvalue weighted by Crippen LogP contribution is -2.42. The average molecular weight is 272 g/mol. The largest absolute Gasteiger partial charge is 0.480 e. The Kier molecular flexibility index (Phi) is 5.07. The van der Waals surface area contributed by atoms with Gasteiger partial charge in [-0.25, -0.2) is 9.59 Å². The maximum Gasteiger partial charge on any atom is 0.326 e. The lowest BCUT2D eigenvalue weighted by Gasteiger charge is -2.13. The van der Waals surface area contributed by atoms with Crippen LogP contribution < -0.4 is 10.6 Å². The lowest BCUT2D eigenvalue weighted by atomic mass is 10.1. The van der Waals surface area contributed by atoms with E-state index in [0.29, 0.717) is 5.69 Å². The van der Waals surface area contributed by atoms with E-state index in [-0.39, 0.29) is 17.5 Å². The molecule has 7 nitrogen and oxygen atoms in total. The molecule has 7 heteroatoms. The third-order valence-electron chi connectivity index (χ3n) is 2.53. The highest BCUT2D eigenvalue weighted by atomic mass is 16.4. The Hall–Kier alpha value is -3.06. The van der Waals surface area contributed by atoms with E-state index in [2.05, 4.69) is 10.6 Å². The Bertz CT molecular complexity index is 613. The highest BCUT2D eigenvalue weighted by Crippen LogP contribution is 2.14. The Balaban J connectivity index is 2.80. The second-order valence-electron chi connectivity index (χ2n) is 3.88. The van der Waals surface area contributed by atoms with Gasteiger partial charge in [-0.05, 0) is 24.6 Å². The number of rotatable bonds is 4. The van der Waals surface area contributed by atoms with Crippen molar-refractivity contribution in [2.75, 3.05) is 5.32 Å². The minimum atomic E-state index is -1.12. The van der Waals surface area contributed by atoms with Crippen LogP contribution in [0.1, 0.15) is 24.5 Å². The molecule has 0 unspecified atom stereocenters. The molecule has 0 bridgehead atoms. The van der Waals surface area contributed by atoms with Crippen LogP contribution in [-0.2, 0) is 4.79 Å². The van der Waals surface area contributed by atoms with E-state index in [9.17, 15) is 9.59 Å². The third kappa shape index (κ3) is 3.72. The molecule has 2 amide bonds. The molecule has 0 aromatic heterocycles. The van der Waals surface area contributed by atoms with Crippen LogP contribution >= 0.6 is 0 Å². The minimum Gasteiger partial charge on any atom is -0.480 e. The van der Waals surface area contributed by atoms with Crippen molar-refractivity contribution in [3.05, 3.63) is 29.3 Å². The summed E-state index contributed by atoms with van der Waals surface area (Å²) in [6.07, 6.45) is 0.250. The molecule has 0 aliphatic carbocycles. The Labute approximate surface area is 115 Å². The number of nitrogens with zero attached hydrogens (tertiary/aromatic N) is 2. The Morgan fingerprint density at radius 2 is 1.95 bits per heavy atom. The van der Waals surface area contributed by atoms with Crippen LogP contribution in [0.4, 0.5) is 10.5 Å². The normalized spacial score (nSPS) is 10.8. The zero-order valence-electron chi connectivity index (χ0n) is 10.7. The van der Waals surface area contributed by atoms with E-state index in [1.54, 1.807) is 6.92 Å². The van der Waals surface area contributed by atoms with Crippen molar-refractivity contribution < 1.29 is 14.7 Å². The standard InChI is InChI=1S/C13H12N4O3/c1-2-11(12(18)19)17-13(20)16-10-4-3-8(6-14)9(5-10)7-15/h3-5,11H,2H2,1H3,(H,18,19)(H2,16,17,20)/t11-/m0/s1. The zero-order valence-corrected chi connectivity index (χ0v) is 10.7. The monoisotopic (exact) mass is 272 g/mol. The van der Waals surface area contributed by atoms with Gasteiger partial charge in [-0.2, -0.15) is 10.5 Å². The average Bonchev–Trinajstić information content (AvgIpc) is 2.44. The van der Waals surface area contributed by atoms with E-state index >= 15 is 0 Å². The second-order valence-corrected chi connectivity index (χ2v) is 3.88. The number of urea groups is 1. The van der Waals surface area contributed by atoms with Gasteiger partial charge in [0.2, 0.25) is 0 Å². The first-order valence-electron chi connectivity index (χ1n) is 5.76. The molecular weight excluding hydrogens is 260 g/mol. The van der Waals surface area contributed by atoms with Gasteiger partial charge in [-0.3, -0.25) is 0 Å².